The molecule has 0 aromatic carbocycles. The summed E-state index contributed by atoms with van der Waals surface area (Å²) < 4.78 is 0. The van der Waals surface area contributed by atoms with Crippen LogP contribution < -0.4 is 0 Å². The topological polar surface area (TPSA) is 47.6 Å². The maximum atomic E-state index is 7.82. The highest BCUT2D eigenvalue weighted by atomic mass is 14.2. The Morgan fingerprint density at radius 2 is 2.00 bits per heavy atom. The van der Waals surface area contributed by atoms with E-state index < -0.39 is 0 Å². The van der Waals surface area contributed by atoms with Gasteiger partial charge in [0, 0.05) is 13.0 Å². The molecule has 0 aliphatic carbocycles. The molecule has 0 amide bonds. The first-order valence-corrected chi connectivity index (χ1v) is 2.04. The lowest BCUT2D eigenvalue weighted by Crippen LogP contribution is -1.53. The van der Waals surface area contributed by atoms with Gasteiger partial charge in [0.25, 0.3) is 0 Å². The molecule has 0 atom stereocenters. The van der Waals surface area contributed by atoms with Gasteiger partial charge in [-0.25, -0.2) is 5.26 Å². The molecule has 0 aliphatic heterocycles. The van der Waals surface area contributed by atoms with E-state index in [1.807, 2.05) is 13.0 Å². The van der Waals surface area contributed by atoms with Gasteiger partial charge in [-0.3, -0.25) is 0 Å². The molecule has 0 heterocycles. The fraction of sp³-hybridized carbons (Fsp3) is 0.600. The van der Waals surface area contributed by atoms with Gasteiger partial charge in [-0.05, 0) is 6.42 Å². The average molecular weight is 96.1 g/mol. The first-order valence-electron chi connectivity index (χ1n) is 2.04. The number of nitrogens with zero attached hydrogens (tertiary/aromatic N) is 2. The molecular weight excluding hydrogens is 88.1 g/mol. The van der Waals surface area contributed by atoms with Crippen molar-refractivity contribution in [2.24, 2.45) is 0 Å². The van der Waals surface area contributed by atoms with Crippen molar-refractivity contribution in [1.82, 2.24) is 0 Å². The summed E-state index contributed by atoms with van der Waals surface area (Å²) in [4.78, 5) is 0. The van der Waals surface area contributed by atoms with Gasteiger partial charge < -0.3 is 0 Å². The lowest BCUT2D eigenvalue weighted by Gasteiger charge is -1.65. The molecule has 2 heteroatoms. The predicted octanol–water partition coefficient (Wildman–Crippen LogP) is 1.45. The van der Waals surface area contributed by atoms with Crippen molar-refractivity contribution < 1.29 is 0 Å². The second-order valence-electron chi connectivity index (χ2n) is 0.908. The zero-order chi connectivity index (χ0) is 6.12. The Morgan fingerprint density at radius 1 is 1.57 bits per heavy atom. The highest BCUT2D eigenvalue weighted by Gasteiger charge is 1.65. The van der Waals surface area contributed by atoms with Crippen LogP contribution in [0.15, 0.2) is 0 Å². The third-order valence-electron chi connectivity index (χ3n) is 0.362. The third kappa shape index (κ3) is 46.0. The molecular formula is C5H8N2. The normalized spacial score (nSPS) is 4.86. The van der Waals surface area contributed by atoms with Gasteiger partial charge in [0.05, 0.1) is 6.07 Å². The second-order valence-corrected chi connectivity index (χ2v) is 0.908. The number of rotatable bonds is 1. The molecule has 0 saturated carbocycles. The number of nitriles is 2. The smallest absolute Gasteiger partial charge is 0.0621 e. The highest BCUT2D eigenvalue weighted by molar-refractivity contribution is 4.65. The Labute approximate surface area is 44.0 Å². The molecule has 0 spiro atoms. The summed E-state index contributed by atoms with van der Waals surface area (Å²) in [5, 5.41) is 14.3. The molecule has 2 nitrogen and oxygen atoms in total. The fourth-order valence-corrected chi connectivity index (χ4v) is 0.112. The van der Waals surface area contributed by atoms with Crippen LogP contribution in [0, 0.1) is 23.2 Å². The zero-order valence-electron chi connectivity index (χ0n) is 4.39. The van der Waals surface area contributed by atoms with E-state index in [1.165, 1.54) is 0 Å². The third-order valence-corrected chi connectivity index (χ3v) is 0.362. The van der Waals surface area contributed by atoms with E-state index in [0.717, 1.165) is 6.42 Å². The standard InChI is InChI=1S/C4H7N.CHN/c1-2-3-4-5;1-2/h2-3H2,1H3;1H. The van der Waals surface area contributed by atoms with E-state index in [-0.39, 0.29) is 0 Å². The molecule has 38 valence electrons. The molecule has 0 radical (unpaired) electrons. The molecule has 0 unspecified atom stereocenters. The van der Waals surface area contributed by atoms with Crippen molar-refractivity contribution in [3.05, 3.63) is 0 Å². The largest absolute Gasteiger partial charge is 0.202 e. The summed E-state index contributed by atoms with van der Waals surface area (Å²) in [6.07, 6.45) is 1.68. The summed E-state index contributed by atoms with van der Waals surface area (Å²) >= 11 is 0. The maximum absolute atomic E-state index is 7.82. The zero-order valence-corrected chi connectivity index (χ0v) is 4.39. The molecule has 0 aromatic rings. The summed E-state index contributed by atoms with van der Waals surface area (Å²) in [6.45, 7) is 5.49. The Bertz CT molecular complexity index is 67.9. The minimum absolute atomic E-state index is 0.694. The Kier molecular flexibility index (Phi) is 26.9. The number of hydrogen-bond donors (Lipinski definition) is 0. The van der Waals surface area contributed by atoms with E-state index in [4.69, 9.17) is 10.5 Å². The van der Waals surface area contributed by atoms with E-state index in [9.17, 15) is 0 Å². The van der Waals surface area contributed by atoms with Gasteiger partial charge in [0.15, 0.2) is 0 Å². The lowest BCUT2D eigenvalue weighted by molar-refractivity contribution is 0.969. The summed E-state index contributed by atoms with van der Waals surface area (Å²) in [6, 6.07) is 2.02. The molecule has 0 rings (SSSR count). The summed E-state index contributed by atoms with van der Waals surface area (Å²) in [7, 11) is 0. The van der Waals surface area contributed by atoms with Crippen LogP contribution in [0.2, 0.25) is 0 Å². The minimum Gasteiger partial charge on any atom is -0.202 e. The second kappa shape index (κ2) is 20.1. The first kappa shape index (κ1) is 9.36. The molecule has 0 fully saturated rings. The first-order chi connectivity index (χ1) is 3.41. The Morgan fingerprint density at radius 3 is 2.00 bits per heavy atom. The van der Waals surface area contributed by atoms with Crippen molar-refractivity contribution >= 4 is 0 Å². The molecule has 0 aromatic heterocycles. The summed E-state index contributed by atoms with van der Waals surface area (Å²) in [5.41, 5.74) is 0. The van der Waals surface area contributed by atoms with Gasteiger partial charge in [-0.1, -0.05) is 6.92 Å². The molecule has 0 saturated heterocycles. The van der Waals surface area contributed by atoms with Crippen LogP contribution in [-0.2, 0) is 0 Å². The number of unbranched alkanes of at least 4 members (excludes halogenated alkanes) is 1. The van der Waals surface area contributed by atoms with E-state index in [2.05, 4.69) is 6.57 Å². The van der Waals surface area contributed by atoms with Gasteiger partial charge in [-0.2, -0.15) is 5.26 Å². The monoisotopic (exact) mass is 96.1 g/mol. The highest BCUT2D eigenvalue weighted by Crippen LogP contribution is 1.77. The van der Waals surface area contributed by atoms with Crippen LogP contribution >= 0.6 is 0 Å². The number of hydrogen-bond acceptors (Lipinski definition) is 2. The average Bonchev–Trinajstić information content (AvgIpc) is 1.75. The van der Waals surface area contributed by atoms with Gasteiger partial charge in [0.2, 0.25) is 0 Å². The van der Waals surface area contributed by atoms with Crippen LogP contribution in [-0.4, -0.2) is 0 Å². The Balaban J connectivity index is 0. The molecule has 0 bridgehead atoms. The van der Waals surface area contributed by atoms with Crippen molar-refractivity contribution in [1.29, 1.82) is 10.5 Å². The minimum atomic E-state index is 0.694. The van der Waals surface area contributed by atoms with E-state index in [0.29, 0.717) is 6.42 Å². The predicted molar refractivity (Wildman–Crippen MR) is 27.2 cm³/mol. The van der Waals surface area contributed by atoms with Crippen LogP contribution in [0.4, 0.5) is 0 Å². The lowest BCUT2D eigenvalue weighted by atomic mass is 10.4. The van der Waals surface area contributed by atoms with Crippen LogP contribution in [0.25, 0.3) is 0 Å². The summed E-state index contributed by atoms with van der Waals surface area (Å²) in [5.74, 6) is 0. The van der Waals surface area contributed by atoms with Crippen molar-refractivity contribution in [2.45, 2.75) is 19.8 Å². The van der Waals surface area contributed by atoms with Crippen LogP contribution in [0.3, 0.4) is 0 Å². The van der Waals surface area contributed by atoms with E-state index >= 15 is 0 Å². The van der Waals surface area contributed by atoms with Crippen LogP contribution in [0.5, 0.6) is 0 Å². The Hall–Kier alpha value is -1.02. The van der Waals surface area contributed by atoms with Crippen molar-refractivity contribution in [3.8, 4) is 12.6 Å². The fourth-order valence-electron chi connectivity index (χ4n) is 0.112. The quantitative estimate of drug-likeness (QED) is 0.496. The van der Waals surface area contributed by atoms with Crippen LogP contribution in [0.1, 0.15) is 19.8 Å². The van der Waals surface area contributed by atoms with E-state index in [1.54, 1.807) is 0 Å². The SMILES string of the molecule is C#N.CCCC#N. The molecule has 0 aliphatic rings. The molecule has 7 heavy (non-hydrogen) atoms. The van der Waals surface area contributed by atoms with Gasteiger partial charge >= 0.3 is 0 Å². The molecule has 0 N–H and O–H groups in total. The van der Waals surface area contributed by atoms with Crippen molar-refractivity contribution in [2.75, 3.05) is 0 Å². The van der Waals surface area contributed by atoms with Gasteiger partial charge in [0.1, 0.15) is 0 Å². The maximum Gasteiger partial charge on any atom is 0.0621 e. The van der Waals surface area contributed by atoms with Gasteiger partial charge in [-0.15, -0.1) is 0 Å². The van der Waals surface area contributed by atoms with Crippen molar-refractivity contribution in [3.63, 3.8) is 0 Å².